The van der Waals surface area contributed by atoms with E-state index >= 15 is 0 Å². The fourth-order valence-corrected chi connectivity index (χ4v) is 6.92. The molecule has 3 fully saturated rings. The highest BCUT2D eigenvalue weighted by Gasteiger charge is 2.57. The molecule has 3 saturated carbocycles. The van der Waals surface area contributed by atoms with E-state index in [-0.39, 0.29) is 33.0 Å². The number of hydrogen-bond acceptors (Lipinski definition) is 4. The number of aliphatic hydroxyl groups is 1. The highest BCUT2D eigenvalue weighted by atomic mass is 35.5. The number of carbonyl (C=O) groups excluding carboxylic acids is 1. The van der Waals surface area contributed by atoms with Gasteiger partial charge >= 0.3 is 0 Å². The number of nitrogens with one attached hydrogen (secondary N) is 1. The fraction of sp³-hybridized carbons (Fsp3) is 0.381. The lowest BCUT2D eigenvalue weighted by molar-refractivity contribution is -0.162. The molecule has 1 amide bonds. The molecule has 3 aliphatic rings. The summed E-state index contributed by atoms with van der Waals surface area (Å²) < 4.78 is 66.3. The van der Waals surface area contributed by atoms with Crippen LogP contribution in [0.3, 0.4) is 0 Å². The van der Waals surface area contributed by atoms with Gasteiger partial charge in [-0.3, -0.25) is 4.79 Å². The van der Waals surface area contributed by atoms with E-state index in [0.29, 0.717) is 25.0 Å². The number of benzene rings is 2. The first-order valence-corrected chi connectivity index (χ1v) is 11.6. The first-order chi connectivity index (χ1) is 14.4. The number of amides is 1. The van der Waals surface area contributed by atoms with Crippen LogP contribution >= 0.6 is 11.6 Å². The molecule has 0 saturated heterocycles. The lowest BCUT2D eigenvalue weighted by Crippen LogP contribution is -2.60. The standard InChI is InChI=1S/C21H19ClF3NO4S/c1-21(28)11-5-12(21)7-14(6-11)31(29,30)18-4-10(2-3-15(18)22)20(27)26-13-8-16(23)19(25)17(24)9-13/h2-4,8-9,11-12,14,28H,5-7H2,1H3,(H,26,27). The van der Waals surface area contributed by atoms with E-state index in [9.17, 15) is 31.5 Å². The molecule has 2 N–H and O–H groups in total. The summed E-state index contributed by atoms with van der Waals surface area (Å²) in [7, 11) is -3.89. The monoisotopic (exact) mass is 473 g/mol. The van der Waals surface area contributed by atoms with E-state index in [4.69, 9.17) is 11.6 Å². The summed E-state index contributed by atoms with van der Waals surface area (Å²) in [5.41, 5.74) is -1.28. The van der Waals surface area contributed by atoms with Crippen molar-refractivity contribution in [1.82, 2.24) is 0 Å². The second kappa shape index (κ2) is 7.50. The van der Waals surface area contributed by atoms with Gasteiger partial charge in [0.05, 0.1) is 20.8 Å². The van der Waals surface area contributed by atoms with Crippen molar-refractivity contribution in [3.63, 3.8) is 0 Å². The maximum Gasteiger partial charge on any atom is 0.255 e. The zero-order valence-electron chi connectivity index (χ0n) is 16.3. The molecular weight excluding hydrogens is 455 g/mol. The molecule has 3 aliphatic carbocycles. The van der Waals surface area contributed by atoms with Gasteiger partial charge in [-0.05, 0) is 56.2 Å². The zero-order valence-corrected chi connectivity index (χ0v) is 17.9. The van der Waals surface area contributed by atoms with Gasteiger partial charge in [-0.25, -0.2) is 21.6 Å². The van der Waals surface area contributed by atoms with Crippen molar-refractivity contribution in [2.45, 2.75) is 41.9 Å². The average molecular weight is 474 g/mol. The van der Waals surface area contributed by atoms with Crippen LogP contribution in [0.5, 0.6) is 0 Å². The lowest BCUT2D eigenvalue weighted by atomic mass is 9.54. The minimum atomic E-state index is -3.89. The maximum absolute atomic E-state index is 13.4. The number of halogens is 4. The smallest absolute Gasteiger partial charge is 0.255 e. The molecule has 31 heavy (non-hydrogen) atoms. The molecule has 0 heterocycles. The molecule has 2 aromatic carbocycles. The zero-order chi connectivity index (χ0) is 22.7. The van der Waals surface area contributed by atoms with Gasteiger partial charge in [0.1, 0.15) is 0 Å². The molecule has 0 radical (unpaired) electrons. The van der Waals surface area contributed by atoms with Crippen molar-refractivity contribution < 1.29 is 31.5 Å². The Kier molecular flexibility index (Phi) is 5.34. The molecule has 0 aromatic heterocycles. The third kappa shape index (κ3) is 3.72. The van der Waals surface area contributed by atoms with Crippen LogP contribution < -0.4 is 5.32 Å². The second-order valence-corrected chi connectivity index (χ2v) is 11.0. The highest BCUT2D eigenvalue weighted by molar-refractivity contribution is 7.92. The molecule has 0 aliphatic heterocycles. The van der Waals surface area contributed by atoms with E-state index in [1.165, 1.54) is 12.1 Å². The van der Waals surface area contributed by atoms with Crippen LogP contribution in [-0.2, 0) is 9.84 Å². The topological polar surface area (TPSA) is 83.5 Å². The highest BCUT2D eigenvalue weighted by Crippen LogP contribution is 2.55. The average Bonchev–Trinajstić information content (AvgIpc) is 2.72. The minimum absolute atomic E-state index is 0.0542. The molecule has 5 rings (SSSR count). The Labute approximate surface area is 182 Å². The number of fused-ring (bicyclic) bond motifs is 2. The number of rotatable bonds is 4. The Morgan fingerprint density at radius 3 is 2.23 bits per heavy atom. The van der Waals surface area contributed by atoms with Crippen LogP contribution in [0.2, 0.25) is 5.02 Å². The van der Waals surface area contributed by atoms with Crippen molar-refractivity contribution in [3.05, 3.63) is 58.4 Å². The number of carbonyl (C=O) groups is 1. The van der Waals surface area contributed by atoms with Crippen LogP contribution in [0.1, 0.15) is 36.5 Å². The van der Waals surface area contributed by atoms with E-state index in [1.54, 1.807) is 6.92 Å². The Morgan fingerprint density at radius 2 is 1.68 bits per heavy atom. The Hall–Kier alpha value is -2.10. The third-order valence-corrected chi connectivity index (χ3v) is 9.15. The molecule has 2 aromatic rings. The Morgan fingerprint density at radius 1 is 1.10 bits per heavy atom. The van der Waals surface area contributed by atoms with E-state index in [1.807, 2.05) is 0 Å². The molecule has 0 spiro atoms. The summed E-state index contributed by atoms with van der Waals surface area (Å²) in [5, 5.41) is 11.8. The van der Waals surface area contributed by atoms with Gasteiger partial charge in [0.2, 0.25) is 0 Å². The maximum atomic E-state index is 13.4. The quantitative estimate of drug-likeness (QED) is 0.647. The summed E-state index contributed by atoms with van der Waals surface area (Å²) in [6.45, 7) is 1.72. The van der Waals surface area contributed by atoms with Crippen LogP contribution in [0.4, 0.5) is 18.9 Å². The third-order valence-electron chi connectivity index (χ3n) is 6.50. The van der Waals surface area contributed by atoms with Crippen molar-refractivity contribution >= 4 is 33.0 Å². The molecule has 2 atom stereocenters. The summed E-state index contributed by atoms with van der Waals surface area (Å²) >= 11 is 6.13. The van der Waals surface area contributed by atoms with Gasteiger partial charge in [0, 0.05) is 23.4 Å². The van der Waals surface area contributed by atoms with Crippen LogP contribution in [-0.4, -0.2) is 30.3 Å². The molecule has 166 valence electrons. The summed E-state index contributed by atoms with van der Waals surface area (Å²) in [5.74, 6) is -5.67. The largest absolute Gasteiger partial charge is 0.390 e. The summed E-state index contributed by atoms with van der Waals surface area (Å²) in [4.78, 5) is 12.3. The predicted molar refractivity (Wildman–Crippen MR) is 108 cm³/mol. The lowest BCUT2D eigenvalue weighted by Gasteiger charge is -2.56. The van der Waals surface area contributed by atoms with E-state index in [0.717, 1.165) is 12.5 Å². The van der Waals surface area contributed by atoms with Crippen molar-refractivity contribution in [1.29, 1.82) is 0 Å². The van der Waals surface area contributed by atoms with Crippen LogP contribution in [0.25, 0.3) is 0 Å². The van der Waals surface area contributed by atoms with Gasteiger partial charge in [0.25, 0.3) is 5.91 Å². The second-order valence-electron chi connectivity index (χ2n) is 8.35. The van der Waals surface area contributed by atoms with Gasteiger partial charge in [0.15, 0.2) is 27.3 Å². The van der Waals surface area contributed by atoms with Gasteiger partial charge in [-0.2, -0.15) is 0 Å². The van der Waals surface area contributed by atoms with Crippen molar-refractivity contribution in [2.24, 2.45) is 11.8 Å². The van der Waals surface area contributed by atoms with Crippen molar-refractivity contribution in [3.8, 4) is 0 Å². The molecule has 10 heteroatoms. The molecular formula is C21H19ClF3NO4S. The molecule has 2 bridgehead atoms. The summed E-state index contributed by atoms with van der Waals surface area (Å²) in [6.07, 6.45) is 1.37. The Balaban J connectivity index is 1.59. The first-order valence-electron chi connectivity index (χ1n) is 9.63. The van der Waals surface area contributed by atoms with Gasteiger partial charge in [-0.1, -0.05) is 11.6 Å². The van der Waals surface area contributed by atoms with Crippen LogP contribution in [0, 0.1) is 29.3 Å². The Bertz CT molecular complexity index is 1150. The SMILES string of the molecule is CC1(O)C2CC1CC(S(=O)(=O)c1cc(C(=O)Nc3cc(F)c(F)c(F)c3)ccc1Cl)C2. The molecule has 2 unspecified atom stereocenters. The van der Waals surface area contributed by atoms with Gasteiger partial charge < -0.3 is 10.4 Å². The fourth-order valence-electron chi connectivity index (χ4n) is 4.52. The van der Waals surface area contributed by atoms with Gasteiger partial charge in [-0.15, -0.1) is 0 Å². The predicted octanol–water partition coefficient (Wildman–Crippen LogP) is 4.33. The normalized spacial score (nSPS) is 27.5. The first kappa shape index (κ1) is 22.1. The number of anilines is 1. The van der Waals surface area contributed by atoms with Crippen LogP contribution in [0.15, 0.2) is 35.2 Å². The van der Waals surface area contributed by atoms with E-state index in [2.05, 4.69) is 5.32 Å². The van der Waals surface area contributed by atoms with Crippen molar-refractivity contribution in [2.75, 3.05) is 5.32 Å². The van der Waals surface area contributed by atoms with E-state index < -0.39 is 44.0 Å². The number of hydrogen-bond donors (Lipinski definition) is 2. The minimum Gasteiger partial charge on any atom is -0.390 e. The molecule has 5 nitrogen and oxygen atoms in total. The summed E-state index contributed by atoms with van der Waals surface area (Å²) in [6, 6.07) is 4.88. The number of sulfone groups is 1.